The van der Waals surface area contributed by atoms with Crippen molar-refractivity contribution in [1.82, 2.24) is 14.9 Å². The minimum absolute atomic E-state index is 0.0726. The summed E-state index contributed by atoms with van der Waals surface area (Å²) in [6.45, 7) is 0.257. The molecule has 3 aromatic rings. The molecular formula is C28H28F2N6O3. The van der Waals surface area contributed by atoms with E-state index in [2.05, 4.69) is 15.3 Å². The lowest BCUT2D eigenvalue weighted by atomic mass is 9.95. The van der Waals surface area contributed by atoms with Crippen LogP contribution in [0.15, 0.2) is 60.9 Å². The summed E-state index contributed by atoms with van der Waals surface area (Å²) in [5.41, 5.74) is 6.96. The van der Waals surface area contributed by atoms with E-state index in [-0.39, 0.29) is 41.4 Å². The Morgan fingerprint density at radius 1 is 1.21 bits per heavy atom. The number of nitrogen functional groups attached to an aromatic ring is 1. The molecule has 202 valence electrons. The maximum Gasteiger partial charge on any atom is 0.246 e. The van der Waals surface area contributed by atoms with Crippen molar-refractivity contribution < 1.29 is 23.4 Å². The van der Waals surface area contributed by atoms with E-state index in [1.54, 1.807) is 24.3 Å². The minimum Gasteiger partial charge on any atom is -0.454 e. The van der Waals surface area contributed by atoms with Crippen molar-refractivity contribution in [2.75, 3.05) is 24.2 Å². The van der Waals surface area contributed by atoms with Gasteiger partial charge in [0.25, 0.3) is 0 Å². The van der Waals surface area contributed by atoms with Gasteiger partial charge in [-0.1, -0.05) is 6.08 Å². The van der Waals surface area contributed by atoms with Crippen molar-refractivity contribution in [2.45, 2.75) is 37.3 Å². The predicted octanol–water partition coefficient (Wildman–Crippen LogP) is 4.03. The summed E-state index contributed by atoms with van der Waals surface area (Å²) >= 11 is 0. The van der Waals surface area contributed by atoms with Crippen LogP contribution < -0.4 is 15.8 Å². The maximum atomic E-state index is 13.9. The normalized spacial score (nSPS) is 17.8. The molecule has 11 heteroatoms. The Morgan fingerprint density at radius 3 is 2.67 bits per heavy atom. The van der Waals surface area contributed by atoms with Gasteiger partial charge in [0.05, 0.1) is 17.9 Å². The van der Waals surface area contributed by atoms with Gasteiger partial charge in [0.15, 0.2) is 11.6 Å². The number of nitrogens with one attached hydrogen (secondary N) is 2. The summed E-state index contributed by atoms with van der Waals surface area (Å²) in [7, 11) is 0. The number of hydrogen-bond acceptors (Lipinski definition) is 8. The highest BCUT2D eigenvalue weighted by Gasteiger charge is 2.52. The summed E-state index contributed by atoms with van der Waals surface area (Å²) in [6.07, 6.45) is 7.74. The second kappa shape index (κ2) is 10.8. The SMILES string of the molecule is N=C(c1ccc(Oc2ccc(F)cc2F)cc1)c1c(N)ncnc1NC1CCC2(CC2)N(C(=O)/C=C/CO)C1. The Balaban J connectivity index is 1.33. The lowest BCUT2D eigenvalue weighted by molar-refractivity contribution is -0.130. The molecule has 1 aromatic heterocycles. The van der Waals surface area contributed by atoms with Crippen LogP contribution in [-0.2, 0) is 4.79 Å². The molecule has 5 N–H and O–H groups in total. The van der Waals surface area contributed by atoms with Gasteiger partial charge in [0.1, 0.15) is 29.5 Å². The smallest absolute Gasteiger partial charge is 0.246 e. The zero-order valence-corrected chi connectivity index (χ0v) is 21.0. The fourth-order valence-corrected chi connectivity index (χ4v) is 4.90. The number of nitrogens with zero attached hydrogens (tertiary/aromatic N) is 3. The van der Waals surface area contributed by atoms with Crippen LogP contribution in [0.2, 0.25) is 0 Å². The molecule has 1 spiro atoms. The van der Waals surface area contributed by atoms with Crippen LogP contribution in [0.1, 0.15) is 36.8 Å². The number of aromatic nitrogens is 2. The first-order valence-corrected chi connectivity index (χ1v) is 12.6. The van der Waals surface area contributed by atoms with Crippen LogP contribution >= 0.6 is 0 Å². The van der Waals surface area contributed by atoms with E-state index >= 15 is 0 Å². The molecule has 2 fully saturated rings. The van der Waals surface area contributed by atoms with Crippen molar-refractivity contribution in [3.8, 4) is 11.5 Å². The van der Waals surface area contributed by atoms with E-state index in [1.165, 1.54) is 24.5 Å². The molecule has 0 bridgehead atoms. The quantitative estimate of drug-likeness (QED) is 0.253. The molecule has 1 unspecified atom stereocenters. The Hall–Kier alpha value is -4.38. The average Bonchev–Trinajstić information content (AvgIpc) is 3.70. The van der Waals surface area contributed by atoms with Gasteiger partial charge in [-0.2, -0.15) is 0 Å². The number of amides is 1. The molecule has 2 aliphatic rings. The molecule has 5 rings (SSSR count). The number of piperidine rings is 1. The average molecular weight is 535 g/mol. The Kier molecular flexibility index (Phi) is 7.25. The monoisotopic (exact) mass is 534 g/mol. The number of carbonyl (C=O) groups excluding carboxylic acids is 1. The largest absolute Gasteiger partial charge is 0.454 e. The summed E-state index contributed by atoms with van der Waals surface area (Å²) < 4.78 is 32.6. The highest BCUT2D eigenvalue weighted by atomic mass is 19.1. The third kappa shape index (κ3) is 5.58. The first-order chi connectivity index (χ1) is 18.8. The van der Waals surface area contributed by atoms with Gasteiger partial charge in [-0.15, -0.1) is 0 Å². The fourth-order valence-electron chi connectivity index (χ4n) is 4.90. The molecule has 1 aliphatic carbocycles. The zero-order valence-electron chi connectivity index (χ0n) is 21.0. The van der Waals surface area contributed by atoms with Crippen LogP contribution in [0, 0.1) is 17.0 Å². The third-order valence-corrected chi connectivity index (χ3v) is 7.12. The zero-order chi connectivity index (χ0) is 27.6. The Bertz CT molecular complexity index is 1430. The van der Waals surface area contributed by atoms with Crippen LogP contribution in [-0.4, -0.2) is 56.3 Å². The number of aliphatic hydroxyl groups is 1. The van der Waals surface area contributed by atoms with E-state index in [0.717, 1.165) is 37.8 Å². The van der Waals surface area contributed by atoms with Crippen molar-refractivity contribution >= 4 is 23.3 Å². The van der Waals surface area contributed by atoms with E-state index < -0.39 is 11.6 Å². The first kappa shape index (κ1) is 26.2. The van der Waals surface area contributed by atoms with Gasteiger partial charge in [-0.3, -0.25) is 10.2 Å². The van der Waals surface area contributed by atoms with Crippen molar-refractivity contribution in [1.29, 1.82) is 5.41 Å². The highest BCUT2D eigenvalue weighted by Crippen LogP contribution is 2.48. The van der Waals surface area contributed by atoms with Crippen molar-refractivity contribution in [3.05, 3.63) is 83.7 Å². The number of anilines is 2. The van der Waals surface area contributed by atoms with Gasteiger partial charge in [0.2, 0.25) is 5.91 Å². The minimum atomic E-state index is -0.822. The van der Waals surface area contributed by atoms with E-state index in [1.807, 2.05) is 4.90 Å². The molecule has 1 atom stereocenters. The standard InChI is InChI=1S/C28H28F2N6O3/c29-18-5-8-22(21(30)14-18)39-20-6-3-17(4-7-20)25(31)24-26(32)33-16-34-27(24)35-19-9-10-28(11-12-28)36(15-19)23(38)2-1-13-37/h1-8,14,16,19,31,37H,9-13,15H2,(H3,32,33,34,35)/b2-1+,31-25?. The Morgan fingerprint density at radius 2 is 1.97 bits per heavy atom. The molecule has 2 heterocycles. The fraction of sp³-hybridized carbons (Fsp3) is 0.286. The van der Waals surface area contributed by atoms with Gasteiger partial charge in [-0.05, 0) is 62.1 Å². The number of rotatable bonds is 8. The number of carbonyl (C=O) groups is 1. The summed E-state index contributed by atoms with van der Waals surface area (Å²) in [5, 5.41) is 21.3. The molecule has 1 amide bonds. The second-order valence-corrected chi connectivity index (χ2v) is 9.70. The Labute approximate surface area is 223 Å². The van der Waals surface area contributed by atoms with Crippen molar-refractivity contribution in [2.24, 2.45) is 0 Å². The summed E-state index contributed by atoms with van der Waals surface area (Å²) in [5.74, 6) is -0.956. The number of nitrogens with two attached hydrogens (primary N) is 1. The summed E-state index contributed by atoms with van der Waals surface area (Å²) in [4.78, 5) is 23.1. The molecule has 1 saturated heterocycles. The molecular weight excluding hydrogens is 506 g/mol. The van der Waals surface area contributed by atoms with Gasteiger partial charge >= 0.3 is 0 Å². The van der Waals surface area contributed by atoms with E-state index in [0.29, 0.717) is 29.2 Å². The van der Waals surface area contributed by atoms with Crippen LogP contribution in [0.3, 0.4) is 0 Å². The molecule has 2 aromatic carbocycles. The first-order valence-electron chi connectivity index (χ1n) is 12.6. The number of aliphatic hydroxyl groups excluding tert-OH is 1. The molecule has 9 nitrogen and oxygen atoms in total. The third-order valence-electron chi connectivity index (χ3n) is 7.12. The van der Waals surface area contributed by atoms with Gasteiger partial charge in [-0.25, -0.2) is 18.7 Å². The number of benzene rings is 2. The number of ether oxygens (including phenoxy) is 1. The topological polar surface area (TPSA) is 137 Å². The number of likely N-dealkylation sites (tertiary alicyclic amines) is 1. The number of halogens is 2. The summed E-state index contributed by atoms with van der Waals surface area (Å²) in [6, 6.07) is 9.32. The molecule has 1 saturated carbocycles. The predicted molar refractivity (Wildman–Crippen MR) is 142 cm³/mol. The van der Waals surface area contributed by atoms with Crippen LogP contribution in [0.5, 0.6) is 11.5 Å². The maximum absolute atomic E-state index is 13.9. The van der Waals surface area contributed by atoms with E-state index in [4.69, 9.17) is 21.0 Å². The highest BCUT2D eigenvalue weighted by molar-refractivity contribution is 6.16. The molecule has 39 heavy (non-hydrogen) atoms. The van der Waals surface area contributed by atoms with Crippen molar-refractivity contribution in [3.63, 3.8) is 0 Å². The molecule has 0 radical (unpaired) electrons. The lowest BCUT2D eigenvalue weighted by Crippen LogP contribution is -2.52. The van der Waals surface area contributed by atoms with E-state index in [9.17, 15) is 13.6 Å². The van der Waals surface area contributed by atoms with Gasteiger partial charge < -0.3 is 25.8 Å². The molecule has 1 aliphatic heterocycles. The second-order valence-electron chi connectivity index (χ2n) is 9.70. The van der Waals surface area contributed by atoms with Crippen LogP contribution in [0.25, 0.3) is 0 Å². The number of hydrogen-bond donors (Lipinski definition) is 4. The van der Waals surface area contributed by atoms with Gasteiger partial charge in [0, 0.05) is 35.8 Å². The lowest BCUT2D eigenvalue weighted by Gasteiger charge is -2.40. The van der Waals surface area contributed by atoms with Crippen LogP contribution in [0.4, 0.5) is 20.4 Å².